The van der Waals surface area contributed by atoms with Crippen molar-refractivity contribution in [2.45, 2.75) is 113 Å². The van der Waals surface area contributed by atoms with Crippen LogP contribution in [0.4, 0.5) is 0 Å². The summed E-state index contributed by atoms with van der Waals surface area (Å²) in [6.45, 7) is 19.5. The van der Waals surface area contributed by atoms with Crippen molar-refractivity contribution in [2.75, 3.05) is 6.61 Å². The standard InChI is InChI=1S/C23H48O/c1-19(17-22(3,4)5)14-15-21(13-11-9-10-12-16-24)20(2)18-23(6,7)8/h19-21,24H,9-18H2,1-8H3. The van der Waals surface area contributed by atoms with Crippen molar-refractivity contribution in [1.82, 2.24) is 0 Å². The Bertz CT molecular complexity index is 294. The van der Waals surface area contributed by atoms with Gasteiger partial charge in [0.1, 0.15) is 0 Å². The van der Waals surface area contributed by atoms with E-state index in [1.807, 2.05) is 0 Å². The highest BCUT2D eigenvalue weighted by Gasteiger charge is 2.24. The molecule has 0 radical (unpaired) electrons. The summed E-state index contributed by atoms with van der Waals surface area (Å²) < 4.78 is 0. The van der Waals surface area contributed by atoms with Crippen molar-refractivity contribution in [3.05, 3.63) is 0 Å². The first-order valence-corrected chi connectivity index (χ1v) is 10.6. The molecule has 0 aromatic carbocycles. The molecule has 146 valence electrons. The lowest BCUT2D eigenvalue weighted by Gasteiger charge is -2.31. The fourth-order valence-corrected chi connectivity index (χ4v) is 4.36. The van der Waals surface area contributed by atoms with E-state index >= 15 is 0 Å². The first-order chi connectivity index (χ1) is 10.9. The van der Waals surface area contributed by atoms with Gasteiger partial charge in [-0.2, -0.15) is 0 Å². The van der Waals surface area contributed by atoms with Gasteiger partial charge in [-0.3, -0.25) is 0 Å². The van der Waals surface area contributed by atoms with E-state index < -0.39 is 0 Å². The minimum Gasteiger partial charge on any atom is -0.396 e. The minimum atomic E-state index is 0.355. The lowest BCUT2D eigenvalue weighted by molar-refractivity contribution is 0.198. The molecule has 0 aromatic heterocycles. The molecule has 0 bridgehead atoms. The summed E-state index contributed by atoms with van der Waals surface area (Å²) in [5.41, 5.74) is 0.891. The summed E-state index contributed by atoms with van der Waals surface area (Å²) in [6, 6.07) is 0. The van der Waals surface area contributed by atoms with E-state index in [1.54, 1.807) is 0 Å². The number of unbranched alkanes of at least 4 members (excludes halogenated alkanes) is 3. The third-order valence-electron chi connectivity index (χ3n) is 5.21. The molecule has 0 rings (SSSR count). The van der Waals surface area contributed by atoms with Gasteiger partial charge in [-0.05, 0) is 54.3 Å². The Morgan fingerprint density at radius 1 is 0.667 bits per heavy atom. The SMILES string of the molecule is CC(CCC(CCCCCCO)C(C)CC(C)(C)C)CC(C)(C)C. The predicted molar refractivity (Wildman–Crippen MR) is 109 cm³/mol. The number of aliphatic hydroxyl groups is 1. The Balaban J connectivity index is 4.45. The Labute approximate surface area is 154 Å². The highest BCUT2D eigenvalue weighted by atomic mass is 16.2. The number of hydrogen-bond donors (Lipinski definition) is 1. The molecule has 0 saturated carbocycles. The van der Waals surface area contributed by atoms with Gasteiger partial charge in [0.25, 0.3) is 0 Å². The molecule has 0 heterocycles. The summed E-state index contributed by atoms with van der Waals surface area (Å²) in [6.07, 6.45) is 11.6. The van der Waals surface area contributed by atoms with Crippen LogP contribution in [0.3, 0.4) is 0 Å². The van der Waals surface area contributed by atoms with E-state index in [4.69, 9.17) is 5.11 Å². The Morgan fingerprint density at radius 2 is 1.21 bits per heavy atom. The molecule has 0 amide bonds. The highest BCUT2D eigenvalue weighted by Crippen LogP contribution is 2.35. The second-order valence-electron chi connectivity index (χ2n) is 10.9. The number of hydrogen-bond acceptors (Lipinski definition) is 1. The van der Waals surface area contributed by atoms with Gasteiger partial charge in [0.15, 0.2) is 0 Å². The molecule has 24 heavy (non-hydrogen) atoms. The lowest BCUT2D eigenvalue weighted by Crippen LogP contribution is -2.20. The summed E-state index contributed by atoms with van der Waals surface area (Å²) in [4.78, 5) is 0. The first-order valence-electron chi connectivity index (χ1n) is 10.6. The molecule has 0 spiro atoms. The van der Waals surface area contributed by atoms with Crippen LogP contribution in [-0.4, -0.2) is 11.7 Å². The maximum atomic E-state index is 8.93. The van der Waals surface area contributed by atoms with Crippen molar-refractivity contribution in [3.63, 3.8) is 0 Å². The number of aliphatic hydroxyl groups excluding tert-OH is 1. The van der Waals surface area contributed by atoms with Crippen LogP contribution in [0.5, 0.6) is 0 Å². The zero-order valence-electron chi connectivity index (χ0n) is 18.3. The van der Waals surface area contributed by atoms with E-state index in [0.717, 1.165) is 24.2 Å². The van der Waals surface area contributed by atoms with Gasteiger partial charge >= 0.3 is 0 Å². The minimum absolute atomic E-state index is 0.355. The van der Waals surface area contributed by atoms with Crippen molar-refractivity contribution in [2.24, 2.45) is 28.6 Å². The van der Waals surface area contributed by atoms with Crippen molar-refractivity contribution < 1.29 is 5.11 Å². The van der Waals surface area contributed by atoms with Crippen molar-refractivity contribution in [1.29, 1.82) is 0 Å². The van der Waals surface area contributed by atoms with Crippen LogP contribution in [0.15, 0.2) is 0 Å². The molecule has 1 nitrogen and oxygen atoms in total. The Kier molecular flexibility index (Phi) is 11.5. The predicted octanol–water partition coefficient (Wildman–Crippen LogP) is 7.47. The second-order valence-corrected chi connectivity index (χ2v) is 10.9. The van der Waals surface area contributed by atoms with E-state index in [9.17, 15) is 0 Å². The summed E-state index contributed by atoms with van der Waals surface area (Å²) in [5, 5.41) is 8.93. The summed E-state index contributed by atoms with van der Waals surface area (Å²) in [5.74, 6) is 2.54. The fraction of sp³-hybridized carbons (Fsp3) is 1.00. The normalized spacial score (nSPS) is 16.9. The van der Waals surface area contributed by atoms with Crippen LogP contribution in [-0.2, 0) is 0 Å². The first kappa shape index (κ1) is 24.0. The average molecular weight is 341 g/mol. The van der Waals surface area contributed by atoms with Gasteiger partial charge in [-0.1, -0.05) is 87.5 Å². The monoisotopic (exact) mass is 340 g/mol. The summed E-state index contributed by atoms with van der Waals surface area (Å²) in [7, 11) is 0. The Morgan fingerprint density at radius 3 is 1.71 bits per heavy atom. The largest absolute Gasteiger partial charge is 0.396 e. The van der Waals surface area contributed by atoms with Gasteiger partial charge in [0.05, 0.1) is 0 Å². The van der Waals surface area contributed by atoms with E-state index in [-0.39, 0.29) is 0 Å². The average Bonchev–Trinajstić information content (AvgIpc) is 2.37. The molecule has 1 heteroatoms. The van der Waals surface area contributed by atoms with E-state index in [0.29, 0.717) is 17.4 Å². The quantitative estimate of drug-likeness (QED) is 0.365. The third-order valence-corrected chi connectivity index (χ3v) is 5.21. The van der Waals surface area contributed by atoms with Crippen LogP contribution in [0.25, 0.3) is 0 Å². The molecule has 0 aromatic rings. The Hall–Kier alpha value is -0.0400. The zero-order valence-corrected chi connectivity index (χ0v) is 18.3. The van der Waals surface area contributed by atoms with Gasteiger partial charge in [-0.15, -0.1) is 0 Å². The number of rotatable bonds is 12. The molecule has 3 atom stereocenters. The molecular formula is C23H48O. The second kappa shape index (κ2) is 11.6. The maximum Gasteiger partial charge on any atom is 0.0431 e. The van der Waals surface area contributed by atoms with Gasteiger partial charge in [0, 0.05) is 6.61 Å². The van der Waals surface area contributed by atoms with E-state index in [2.05, 4.69) is 55.4 Å². The van der Waals surface area contributed by atoms with E-state index in [1.165, 1.54) is 51.4 Å². The van der Waals surface area contributed by atoms with Crippen LogP contribution < -0.4 is 0 Å². The van der Waals surface area contributed by atoms with Crippen LogP contribution in [0.1, 0.15) is 113 Å². The molecule has 0 aliphatic rings. The smallest absolute Gasteiger partial charge is 0.0431 e. The topological polar surface area (TPSA) is 20.2 Å². The maximum absolute atomic E-state index is 8.93. The highest BCUT2D eigenvalue weighted by molar-refractivity contribution is 4.75. The van der Waals surface area contributed by atoms with Crippen LogP contribution in [0.2, 0.25) is 0 Å². The van der Waals surface area contributed by atoms with Gasteiger partial charge in [-0.25, -0.2) is 0 Å². The molecule has 0 fully saturated rings. The zero-order chi connectivity index (χ0) is 18.8. The summed E-state index contributed by atoms with van der Waals surface area (Å²) >= 11 is 0. The molecule has 0 saturated heterocycles. The lowest BCUT2D eigenvalue weighted by atomic mass is 9.74. The van der Waals surface area contributed by atoms with Gasteiger partial charge < -0.3 is 5.11 Å². The molecule has 0 aliphatic carbocycles. The third kappa shape index (κ3) is 14.3. The van der Waals surface area contributed by atoms with Crippen LogP contribution >= 0.6 is 0 Å². The molecule has 1 N–H and O–H groups in total. The molecular weight excluding hydrogens is 292 g/mol. The molecule has 3 unspecified atom stereocenters. The fourth-order valence-electron chi connectivity index (χ4n) is 4.36. The van der Waals surface area contributed by atoms with Crippen molar-refractivity contribution >= 4 is 0 Å². The van der Waals surface area contributed by atoms with Crippen molar-refractivity contribution in [3.8, 4) is 0 Å². The van der Waals surface area contributed by atoms with Crippen LogP contribution in [0, 0.1) is 28.6 Å². The molecule has 0 aliphatic heterocycles. The van der Waals surface area contributed by atoms with Gasteiger partial charge in [0.2, 0.25) is 0 Å².